The van der Waals surface area contributed by atoms with Gasteiger partial charge < -0.3 is 4.98 Å². The number of nitrogens with one attached hydrogen (secondary N) is 1. The normalized spacial score (nSPS) is 12.2. The van der Waals surface area contributed by atoms with Crippen LogP contribution in [0.3, 0.4) is 0 Å². The monoisotopic (exact) mass is 285 g/mol. The highest BCUT2D eigenvalue weighted by atomic mass is 19.4. The number of aromatic amines is 1. The molecule has 1 N–H and O–H groups in total. The zero-order chi connectivity index (χ0) is 14.8. The van der Waals surface area contributed by atoms with E-state index < -0.39 is 12.6 Å². The van der Waals surface area contributed by atoms with Gasteiger partial charge in [-0.1, -0.05) is 12.1 Å². The molecule has 0 atom stereocenters. The Bertz CT molecular complexity index is 651. The number of aromatic nitrogens is 2. The van der Waals surface area contributed by atoms with Crippen LogP contribution < -0.4 is 5.56 Å². The predicted molar refractivity (Wildman–Crippen MR) is 69.4 cm³/mol. The number of fused-ring (bicyclic) bond motifs is 1. The van der Waals surface area contributed by atoms with Gasteiger partial charge >= 0.3 is 6.18 Å². The van der Waals surface area contributed by atoms with Crippen molar-refractivity contribution in [1.82, 2.24) is 14.9 Å². The summed E-state index contributed by atoms with van der Waals surface area (Å²) in [6.07, 6.45) is -5.07. The first-order chi connectivity index (χ1) is 9.35. The van der Waals surface area contributed by atoms with Gasteiger partial charge in [-0.15, -0.1) is 0 Å². The van der Waals surface area contributed by atoms with E-state index in [2.05, 4.69) is 9.97 Å². The molecule has 108 valence electrons. The summed E-state index contributed by atoms with van der Waals surface area (Å²) in [5, 5.41) is 0.467. The average Bonchev–Trinajstić information content (AvgIpc) is 2.36. The van der Waals surface area contributed by atoms with Gasteiger partial charge in [-0.05, 0) is 19.2 Å². The first-order valence-electron chi connectivity index (χ1n) is 6.08. The van der Waals surface area contributed by atoms with Crippen LogP contribution in [0.5, 0.6) is 0 Å². The second-order valence-electron chi connectivity index (χ2n) is 4.63. The molecule has 0 bridgehead atoms. The van der Waals surface area contributed by atoms with Crippen molar-refractivity contribution in [3.8, 4) is 0 Å². The molecule has 0 aliphatic carbocycles. The second-order valence-corrected chi connectivity index (χ2v) is 4.63. The van der Waals surface area contributed by atoms with Crippen molar-refractivity contribution in [3.05, 3.63) is 40.4 Å². The van der Waals surface area contributed by atoms with Crippen LogP contribution in [0, 0.1) is 0 Å². The van der Waals surface area contributed by atoms with Gasteiger partial charge in [0.2, 0.25) is 0 Å². The third-order valence-electron chi connectivity index (χ3n) is 2.86. The third-order valence-corrected chi connectivity index (χ3v) is 2.86. The highest BCUT2D eigenvalue weighted by Crippen LogP contribution is 2.19. The van der Waals surface area contributed by atoms with Crippen molar-refractivity contribution in [2.45, 2.75) is 19.1 Å². The number of hydrogen-bond donors (Lipinski definition) is 1. The van der Waals surface area contributed by atoms with Crippen molar-refractivity contribution in [2.75, 3.05) is 13.6 Å². The molecular formula is C13H14F3N3O. The SMILES string of the molecule is CN(CCC(F)(F)F)Cc1nc2ccccc2c(=O)[nH]1. The Balaban J connectivity index is 2.12. The zero-order valence-electron chi connectivity index (χ0n) is 10.9. The van der Waals surface area contributed by atoms with Gasteiger partial charge in [0.05, 0.1) is 23.9 Å². The van der Waals surface area contributed by atoms with E-state index in [9.17, 15) is 18.0 Å². The molecule has 1 aromatic carbocycles. The van der Waals surface area contributed by atoms with E-state index in [4.69, 9.17) is 0 Å². The summed E-state index contributed by atoms with van der Waals surface area (Å²) in [6, 6.07) is 6.84. The van der Waals surface area contributed by atoms with Gasteiger partial charge in [0.1, 0.15) is 5.82 Å². The van der Waals surface area contributed by atoms with Crippen LogP contribution in [0.25, 0.3) is 10.9 Å². The quantitative estimate of drug-likeness (QED) is 0.937. The number of hydrogen-bond acceptors (Lipinski definition) is 3. The largest absolute Gasteiger partial charge is 0.390 e. The van der Waals surface area contributed by atoms with Crippen LogP contribution in [-0.4, -0.2) is 34.6 Å². The number of rotatable bonds is 4. The molecule has 4 nitrogen and oxygen atoms in total. The molecule has 1 aromatic heterocycles. The van der Waals surface area contributed by atoms with Crippen LogP contribution in [-0.2, 0) is 6.54 Å². The minimum atomic E-state index is -4.18. The molecule has 0 amide bonds. The Morgan fingerprint density at radius 2 is 2.00 bits per heavy atom. The minimum absolute atomic E-state index is 0.139. The topological polar surface area (TPSA) is 49.0 Å². The molecule has 0 spiro atoms. The Hall–Kier alpha value is -1.89. The second kappa shape index (κ2) is 5.62. The van der Waals surface area contributed by atoms with E-state index in [1.807, 2.05) is 0 Å². The summed E-state index contributed by atoms with van der Waals surface area (Å²) in [5.41, 5.74) is 0.255. The fourth-order valence-electron chi connectivity index (χ4n) is 1.86. The summed E-state index contributed by atoms with van der Waals surface area (Å²) >= 11 is 0. The standard InChI is InChI=1S/C13H14F3N3O/c1-19(7-6-13(14,15)16)8-11-17-10-5-3-2-4-9(10)12(20)18-11/h2-5H,6-8H2,1H3,(H,17,18,20). The maximum Gasteiger partial charge on any atom is 0.390 e. The highest BCUT2D eigenvalue weighted by Gasteiger charge is 2.27. The summed E-state index contributed by atoms with van der Waals surface area (Å²) in [5.74, 6) is 0.360. The van der Waals surface area contributed by atoms with Crippen molar-refractivity contribution in [2.24, 2.45) is 0 Å². The number of H-pyrrole nitrogens is 1. The molecule has 0 saturated heterocycles. The summed E-state index contributed by atoms with van der Waals surface area (Å²) in [6.45, 7) is 0.0240. The molecule has 20 heavy (non-hydrogen) atoms. The lowest BCUT2D eigenvalue weighted by atomic mass is 10.2. The van der Waals surface area contributed by atoms with Crippen LogP contribution in [0.4, 0.5) is 13.2 Å². The van der Waals surface area contributed by atoms with Crippen LogP contribution >= 0.6 is 0 Å². The summed E-state index contributed by atoms with van der Waals surface area (Å²) < 4.78 is 36.4. The average molecular weight is 285 g/mol. The Kier molecular flexibility index (Phi) is 4.08. The predicted octanol–water partition coefficient (Wildman–Crippen LogP) is 2.31. The van der Waals surface area contributed by atoms with E-state index in [0.717, 1.165) is 0 Å². The number of benzene rings is 1. The van der Waals surface area contributed by atoms with Gasteiger partial charge in [-0.25, -0.2) is 4.98 Å². The van der Waals surface area contributed by atoms with Gasteiger partial charge in [0.15, 0.2) is 0 Å². The molecule has 1 heterocycles. The van der Waals surface area contributed by atoms with Gasteiger partial charge in [-0.2, -0.15) is 13.2 Å². The Labute approximate surface area is 113 Å². The molecule has 7 heteroatoms. The van der Waals surface area contributed by atoms with E-state index in [0.29, 0.717) is 16.7 Å². The molecule has 2 aromatic rings. The third kappa shape index (κ3) is 3.80. The zero-order valence-corrected chi connectivity index (χ0v) is 10.9. The van der Waals surface area contributed by atoms with Crippen LogP contribution in [0.2, 0.25) is 0 Å². The van der Waals surface area contributed by atoms with E-state index >= 15 is 0 Å². The van der Waals surface area contributed by atoms with Crippen LogP contribution in [0.1, 0.15) is 12.2 Å². The lowest BCUT2D eigenvalue weighted by Crippen LogP contribution is -2.26. The Morgan fingerprint density at radius 3 is 2.70 bits per heavy atom. The van der Waals surface area contributed by atoms with E-state index in [1.54, 1.807) is 31.3 Å². The maximum atomic E-state index is 12.1. The summed E-state index contributed by atoms with van der Waals surface area (Å²) in [4.78, 5) is 20.1. The van der Waals surface area contributed by atoms with E-state index in [-0.39, 0.29) is 18.6 Å². The highest BCUT2D eigenvalue weighted by molar-refractivity contribution is 5.77. The first-order valence-corrected chi connectivity index (χ1v) is 6.08. The van der Waals surface area contributed by atoms with Crippen molar-refractivity contribution in [3.63, 3.8) is 0 Å². The first kappa shape index (κ1) is 14.5. The van der Waals surface area contributed by atoms with Crippen molar-refractivity contribution < 1.29 is 13.2 Å². The van der Waals surface area contributed by atoms with Gasteiger partial charge in [0.25, 0.3) is 5.56 Å². The van der Waals surface area contributed by atoms with Crippen molar-refractivity contribution in [1.29, 1.82) is 0 Å². The van der Waals surface area contributed by atoms with Gasteiger partial charge in [-0.3, -0.25) is 9.69 Å². The summed E-state index contributed by atoms with van der Waals surface area (Å²) in [7, 11) is 1.56. The fourth-order valence-corrected chi connectivity index (χ4v) is 1.86. The lowest BCUT2D eigenvalue weighted by molar-refractivity contribution is -0.137. The van der Waals surface area contributed by atoms with E-state index in [1.165, 1.54) is 4.90 Å². The molecule has 0 saturated carbocycles. The maximum absolute atomic E-state index is 12.1. The number of halogens is 3. The molecule has 0 radical (unpaired) electrons. The molecule has 2 rings (SSSR count). The smallest absolute Gasteiger partial charge is 0.309 e. The number of alkyl halides is 3. The number of para-hydroxylation sites is 1. The van der Waals surface area contributed by atoms with Crippen LogP contribution in [0.15, 0.2) is 29.1 Å². The molecule has 0 aliphatic heterocycles. The molecular weight excluding hydrogens is 271 g/mol. The van der Waals surface area contributed by atoms with Crippen molar-refractivity contribution >= 4 is 10.9 Å². The number of nitrogens with zero attached hydrogens (tertiary/aromatic N) is 2. The molecule has 0 fully saturated rings. The Morgan fingerprint density at radius 1 is 1.30 bits per heavy atom. The minimum Gasteiger partial charge on any atom is -0.309 e. The fraction of sp³-hybridized carbons (Fsp3) is 0.385. The lowest BCUT2D eigenvalue weighted by Gasteiger charge is -2.17. The van der Waals surface area contributed by atoms with Gasteiger partial charge in [0, 0.05) is 6.54 Å². The molecule has 0 unspecified atom stereocenters. The molecule has 0 aliphatic rings.